The van der Waals surface area contributed by atoms with Gasteiger partial charge in [0.1, 0.15) is 11.5 Å². The van der Waals surface area contributed by atoms with Gasteiger partial charge < -0.3 is 5.32 Å². The summed E-state index contributed by atoms with van der Waals surface area (Å²) in [7, 11) is 0. The molecule has 1 aromatic carbocycles. The zero-order chi connectivity index (χ0) is 14.7. The zero-order valence-corrected chi connectivity index (χ0v) is 11.4. The molecule has 0 fully saturated rings. The van der Waals surface area contributed by atoms with E-state index in [9.17, 15) is 18.9 Å². The Balaban J connectivity index is 2.21. The molecule has 0 spiro atoms. The lowest BCUT2D eigenvalue weighted by molar-refractivity contribution is -0.386. The number of nitro benzene ring substituents is 1. The van der Waals surface area contributed by atoms with E-state index in [1.807, 2.05) is 16.8 Å². The van der Waals surface area contributed by atoms with Crippen LogP contribution in [0.1, 0.15) is 12.5 Å². The molecule has 2 aromatic rings. The summed E-state index contributed by atoms with van der Waals surface area (Å²) < 4.78 is 26.7. The van der Waals surface area contributed by atoms with Gasteiger partial charge in [-0.2, -0.15) is 15.7 Å². The maximum Gasteiger partial charge on any atom is 0.327 e. The van der Waals surface area contributed by atoms with Crippen molar-refractivity contribution in [3.05, 3.63) is 56.3 Å². The molecule has 0 aliphatic rings. The summed E-state index contributed by atoms with van der Waals surface area (Å²) in [6, 6.07) is 3.19. The van der Waals surface area contributed by atoms with Gasteiger partial charge in [0.15, 0.2) is 0 Å². The summed E-state index contributed by atoms with van der Waals surface area (Å²) in [5, 5.41) is 17.5. The summed E-state index contributed by atoms with van der Waals surface area (Å²) in [6.07, 6.45) is 0.610. The molecule has 1 N–H and O–H groups in total. The van der Waals surface area contributed by atoms with Gasteiger partial charge in [0, 0.05) is 18.2 Å². The summed E-state index contributed by atoms with van der Waals surface area (Å²) in [5.41, 5.74) is 0.188. The number of thiophene rings is 1. The molecule has 0 saturated heterocycles. The number of anilines is 1. The number of nitrogens with zero attached hydrogens (tertiary/aromatic N) is 1. The quantitative estimate of drug-likeness (QED) is 0.671. The lowest BCUT2D eigenvalue weighted by atomic mass is 10.1. The summed E-state index contributed by atoms with van der Waals surface area (Å²) in [6.45, 7) is 1.80. The molecule has 0 amide bonds. The van der Waals surface area contributed by atoms with Crippen LogP contribution in [0.25, 0.3) is 0 Å². The van der Waals surface area contributed by atoms with Gasteiger partial charge in [0.05, 0.1) is 4.92 Å². The second-order valence-electron chi connectivity index (χ2n) is 4.42. The molecule has 0 aliphatic carbocycles. The van der Waals surface area contributed by atoms with Crippen molar-refractivity contribution in [3.63, 3.8) is 0 Å². The lowest BCUT2D eigenvalue weighted by Crippen LogP contribution is -2.19. The Bertz CT molecular complexity index is 617. The Hall–Kier alpha value is -2.02. The first kappa shape index (κ1) is 14.4. The van der Waals surface area contributed by atoms with Crippen LogP contribution in [-0.4, -0.2) is 11.0 Å². The van der Waals surface area contributed by atoms with E-state index in [2.05, 4.69) is 5.32 Å². The van der Waals surface area contributed by atoms with E-state index >= 15 is 0 Å². The molecule has 1 heterocycles. The van der Waals surface area contributed by atoms with E-state index in [1.54, 1.807) is 18.3 Å². The van der Waals surface area contributed by atoms with Crippen molar-refractivity contribution in [1.29, 1.82) is 0 Å². The molecule has 0 radical (unpaired) electrons. The highest BCUT2D eigenvalue weighted by atomic mass is 32.1. The van der Waals surface area contributed by atoms with Gasteiger partial charge in [-0.1, -0.05) is 0 Å². The second-order valence-corrected chi connectivity index (χ2v) is 5.20. The Morgan fingerprint density at radius 2 is 2.20 bits per heavy atom. The summed E-state index contributed by atoms with van der Waals surface area (Å²) in [5.74, 6) is -2.03. The van der Waals surface area contributed by atoms with Crippen molar-refractivity contribution >= 4 is 22.7 Å². The Morgan fingerprint density at radius 1 is 1.45 bits per heavy atom. The van der Waals surface area contributed by atoms with E-state index in [0.717, 1.165) is 11.6 Å². The lowest BCUT2D eigenvalue weighted by Gasteiger charge is -2.15. The van der Waals surface area contributed by atoms with Crippen LogP contribution in [0.3, 0.4) is 0 Å². The van der Waals surface area contributed by atoms with E-state index in [-0.39, 0.29) is 11.7 Å². The van der Waals surface area contributed by atoms with Gasteiger partial charge in [-0.05, 0) is 35.7 Å². The van der Waals surface area contributed by atoms with Crippen molar-refractivity contribution in [1.82, 2.24) is 0 Å². The average molecular weight is 298 g/mol. The molecule has 2 rings (SSSR count). The van der Waals surface area contributed by atoms with Crippen molar-refractivity contribution in [2.45, 2.75) is 19.4 Å². The number of hydrogen-bond donors (Lipinski definition) is 1. The summed E-state index contributed by atoms with van der Waals surface area (Å²) in [4.78, 5) is 10.0. The zero-order valence-electron chi connectivity index (χ0n) is 10.6. The fourth-order valence-electron chi connectivity index (χ4n) is 1.94. The standard InChI is InChI=1S/C13H12F2N2O2S/c1-8(4-9-2-3-20-7-9)16-12-6-10(14)5-11(15)13(12)17(18)19/h2-3,5-8,16H,4H2,1H3. The third-order valence-electron chi connectivity index (χ3n) is 2.73. The molecule has 1 atom stereocenters. The number of nitrogens with one attached hydrogen (secondary N) is 1. The molecule has 1 unspecified atom stereocenters. The maximum atomic E-state index is 13.5. The predicted octanol–water partition coefficient (Wildman–Crippen LogP) is 3.98. The van der Waals surface area contributed by atoms with Crippen LogP contribution < -0.4 is 5.32 Å². The molecule has 7 heteroatoms. The molecule has 106 valence electrons. The van der Waals surface area contributed by atoms with Crippen LogP contribution in [0.5, 0.6) is 0 Å². The molecule has 1 aromatic heterocycles. The van der Waals surface area contributed by atoms with Crippen LogP contribution in [0, 0.1) is 21.7 Å². The number of halogens is 2. The predicted molar refractivity (Wildman–Crippen MR) is 74.1 cm³/mol. The largest absolute Gasteiger partial charge is 0.377 e. The molecule has 20 heavy (non-hydrogen) atoms. The molecular weight excluding hydrogens is 286 g/mol. The first-order valence-corrected chi connectivity index (χ1v) is 6.82. The summed E-state index contributed by atoms with van der Waals surface area (Å²) >= 11 is 1.54. The third kappa shape index (κ3) is 3.30. The van der Waals surface area contributed by atoms with E-state index < -0.39 is 22.2 Å². The van der Waals surface area contributed by atoms with Gasteiger partial charge in [-0.15, -0.1) is 0 Å². The molecule has 4 nitrogen and oxygen atoms in total. The minimum absolute atomic E-state index is 0.143. The second kappa shape index (κ2) is 5.96. The van der Waals surface area contributed by atoms with Crippen molar-refractivity contribution in [2.75, 3.05) is 5.32 Å². The smallest absolute Gasteiger partial charge is 0.327 e. The van der Waals surface area contributed by atoms with E-state index in [4.69, 9.17) is 0 Å². The monoisotopic (exact) mass is 298 g/mol. The fraction of sp³-hybridized carbons (Fsp3) is 0.231. The number of nitro groups is 1. The van der Waals surface area contributed by atoms with Crippen LogP contribution in [0.4, 0.5) is 20.2 Å². The molecule has 0 saturated carbocycles. The van der Waals surface area contributed by atoms with Crippen molar-refractivity contribution < 1.29 is 13.7 Å². The maximum absolute atomic E-state index is 13.5. The van der Waals surface area contributed by atoms with Crippen LogP contribution >= 0.6 is 11.3 Å². The van der Waals surface area contributed by atoms with Gasteiger partial charge in [0.25, 0.3) is 0 Å². The van der Waals surface area contributed by atoms with Crippen LogP contribution in [0.15, 0.2) is 29.0 Å². The Morgan fingerprint density at radius 3 is 2.80 bits per heavy atom. The molecule has 0 aliphatic heterocycles. The molecule has 0 bridgehead atoms. The average Bonchev–Trinajstić information content (AvgIpc) is 2.79. The normalized spacial score (nSPS) is 12.2. The van der Waals surface area contributed by atoms with E-state index in [0.29, 0.717) is 12.5 Å². The van der Waals surface area contributed by atoms with E-state index in [1.165, 1.54) is 0 Å². The topological polar surface area (TPSA) is 55.2 Å². The van der Waals surface area contributed by atoms with Gasteiger partial charge in [-0.3, -0.25) is 10.1 Å². The highest BCUT2D eigenvalue weighted by Gasteiger charge is 2.23. The Labute approximate surface area is 118 Å². The first-order valence-electron chi connectivity index (χ1n) is 5.88. The van der Waals surface area contributed by atoms with Crippen molar-refractivity contribution in [3.8, 4) is 0 Å². The fourth-order valence-corrected chi connectivity index (χ4v) is 2.62. The van der Waals surface area contributed by atoms with Crippen molar-refractivity contribution in [2.24, 2.45) is 0 Å². The first-order chi connectivity index (χ1) is 9.47. The minimum atomic E-state index is -1.18. The SMILES string of the molecule is CC(Cc1ccsc1)Nc1cc(F)cc(F)c1[N+](=O)[O-]. The molecular formula is C13H12F2N2O2S. The Kier molecular flexibility index (Phi) is 4.29. The van der Waals surface area contributed by atoms with Crippen LogP contribution in [-0.2, 0) is 6.42 Å². The minimum Gasteiger partial charge on any atom is -0.377 e. The number of rotatable bonds is 5. The third-order valence-corrected chi connectivity index (χ3v) is 3.47. The number of benzene rings is 1. The van der Waals surface area contributed by atoms with Gasteiger partial charge in [0.2, 0.25) is 5.82 Å². The highest BCUT2D eigenvalue weighted by Crippen LogP contribution is 2.29. The highest BCUT2D eigenvalue weighted by molar-refractivity contribution is 7.07. The van der Waals surface area contributed by atoms with Gasteiger partial charge >= 0.3 is 5.69 Å². The van der Waals surface area contributed by atoms with Gasteiger partial charge in [-0.25, -0.2) is 4.39 Å². The number of hydrogen-bond acceptors (Lipinski definition) is 4. The van der Waals surface area contributed by atoms with Crippen LogP contribution in [0.2, 0.25) is 0 Å².